The van der Waals surface area contributed by atoms with E-state index < -0.39 is 11.9 Å². The Morgan fingerprint density at radius 1 is 1.26 bits per heavy atom. The number of pyridine rings is 3. The van der Waals surface area contributed by atoms with E-state index in [-0.39, 0.29) is 18.6 Å². The molecule has 0 aliphatic carbocycles. The molecule has 0 amide bonds. The molecular weight excluding hydrogens is 439 g/mol. The molecule has 5 heterocycles. The summed E-state index contributed by atoms with van der Waals surface area (Å²) in [6, 6.07) is 5.68. The monoisotopic (exact) mass is 468 g/mol. The summed E-state index contributed by atoms with van der Waals surface area (Å²) in [4.78, 5) is 12.9. The molecule has 0 saturated carbocycles. The number of nitrogens with one attached hydrogen (secondary N) is 1. The number of aliphatic hydroxyl groups is 1. The molecule has 3 atom stereocenters. The maximum atomic E-state index is 14.6. The van der Waals surface area contributed by atoms with Crippen molar-refractivity contribution in [2.45, 2.75) is 56.9 Å². The van der Waals surface area contributed by atoms with Crippen LogP contribution in [0.25, 0.3) is 11.0 Å². The predicted octanol–water partition coefficient (Wildman–Crippen LogP) is 2.74. The molecule has 8 nitrogen and oxygen atoms in total. The second-order valence-corrected chi connectivity index (χ2v) is 8.84. The van der Waals surface area contributed by atoms with Crippen LogP contribution in [-0.4, -0.2) is 58.6 Å². The fourth-order valence-corrected chi connectivity index (χ4v) is 4.61. The van der Waals surface area contributed by atoms with E-state index in [0.717, 1.165) is 37.3 Å². The quantitative estimate of drug-likeness (QED) is 0.546. The summed E-state index contributed by atoms with van der Waals surface area (Å²) in [6.45, 7) is 1.88. The van der Waals surface area contributed by atoms with Crippen LogP contribution in [0.15, 0.2) is 30.6 Å². The second kappa shape index (κ2) is 10.2. The molecule has 0 spiro atoms. The van der Waals surface area contributed by atoms with Crippen molar-refractivity contribution in [3.05, 3.63) is 53.2 Å². The number of ether oxygens (including phenoxy) is 3. The van der Waals surface area contributed by atoms with Crippen molar-refractivity contribution in [2.75, 3.05) is 20.3 Å². The number of aromatic nitrogens is 3. The van der Waals surface area contributed by atoms with E-state index >= 15 is 0 Å². The Labute approximate surface area is 197 Å². The normalized spacial score (nSPS) is 21.0. The van der Waals surface area contributed by atoms with Gasteiger partial charge in [-0.25, -0.2) is 9.37 Å². The summed E-state index contributed by atoms with van der Waals surface area (Å²) < 4.78 is 31.4. The highest BCUT2D eigenvalue weighted by molar-refractivity contribution is 5.78. The first kappa shape index (κ1) is 22.9. The van der Waals surface area contributed by atoms with Crippen molar-refractivity contribution < 1.29 is 23.7 Å². The number of hydrogen-bond acceptors (Lipinski definition) is 8. The van der Waals surface area contributed by atoms with Gasteiger partial charge in [-0.05, 0) is 43.4 Å². The van der Waals surface area contributed by atoms with E-state index in [1.54, 1.807) is 12.1 Å². The van der Waals surface area contributed by atoms with E-state index in [2.05, 4.69) is 26.3 Å². The van der Waals surface area contributed by atoms with E-state index in [1.807, 2.05) is 6.20 Å². The Kier molecular flexibility index (Phi) is 6.85. The van der Waals surface area contributed by atoms with Crippen LogP contribution in [0.4, 0.5) is 4.39 Å². The Bertz CT molecular complexity index is 1150. The van der Waals surface area contributed by atoms with Gasteiger partial charge in [-0.3, -0.25) is 9.97 Å². The third kappa shape index (κ3) is 4.96. The number of aryl methyl sites for hydroxylation is 1. The number of rotatable bonds is 7. The molecule has 1 saturated heterocycles. The molecule has 0 radical (unpaired) electrons. The Balaban J connectivity index is 1.16. The second-order valence-electron chi connectivity index (χ2n) is 8.84. The smallest absolute Gasteiger partial charge is 0.213 e. The molecule has 180 valence electrons. The first-order chi connectivity index (χ1) is 16.6. The van der Waals surface area contributed by atoms with Crippen molar-refractivity contribution in [3.8, 4) is 11.6 Å². The highest BCUT2D eigenvalue weighted by Crippen LogP contribution is 2.26. The minimum Gasteiger partial charge on any atom is -0.492 e. The molecule has 2 aliphatic rings. The van der Waals surface area contributed by atoms with Gasteiger partial charge in [0, 0.05) is 30.6 Å². The molecule has 0 aromatic carbocycles. The van der Waals surface area contributed by atoms with Crippen LogP contribution >= 0.6 is 0 Å². The Morgan fingerprint density at radius 2 is 2.18 bits per heavy atom. The zero-order valence-corrected chi connectivity index (χ0v) is 19.2. The summed E-state index contributed by atoms with van der Waals surface area (Å²) in [6.07, 6.45) is 5.42. The minimum atomic E-state index is -0.851. The molecule has 1 unspecified atom stereocenters. The first-order valence-corrected chi connectivity index (χ1v) is 11.7. The van der Waals surface area contributed by atoms with Gasteiger partial charge in [0.1, 0.15) is 11.6 Å². The molecule has 3 aromatic rings. The van der Waals surface area contributed by atoms with E-state index in [0.29, 0.717) is 42.0 Å². The molecule has 5 rings (SSSR count). The molecule has 34 heavy (non-hydrogen) atoms. The van der Waals surface area contributed by atoms with Gasteiger partial charge in [0.05, 0.1) is 61.7 Å². The van der Waals surface area contributed by atoms with Gasteiger partial charge >= 0.3 is 0 Å². The molecule has 2 N–H and O–H groups in total. The predicted molar refractivity (Wildman–Crippen MR) is 123 cm³/mol. The molecule has 9 heteroatoms. The molecule has 0 bridgehead atoms. The fraction of sp³-hybridized carbons (Fsp3) is 0.480. The van der Waals surface area contributed by atoms with Crippen LogP contribution in [0, 0.1) is 5.82 Å². The van der Waals surface area contributed by atoms with Gasteiger partial charge in [0.15, 0.2) is 0 Å². The fourth-order valence-electron chi connectivity index (χ4n) is 4.61. The Hall–Kier alpha value is -2.88. The lowest BCUT2D eigenvalue weighted by Crippen LogP contribution is -2.44. The number of nitrogens with zero attached hydrogens (tertiary/aromatic N) is 3. The zero-order valence-electron chi connectivity index (χ0n) is 19.2. The third-order valence-electron chi connectivity index (χ3n) is 6.53. The average Bonchev–Trinajstić information content (AvgIpc) is 2.89. The summed E-state index contributed by atoms with van der Waals surface area (Å²) in [5.41, 5.74) is 3.47. The number of halogens is 1. The van der Waals surface area contributed by atoms with Crippen LogP contribution in [0.2, 0.25) is 0 Å². The van der Waals surface area contributed by atoms with Crippen molar-refractivity contribution >= 4 is 11.0 Å². The van der Waals surface area contributed by atoms with Crippen molar-refractivity contribution in [2.24, 2.45) is 0 Å². The van der Waals surface area contributed by atoms with E-state index in [4.69, 9.17) is 14.2 Å². The SMILES string of the molecule is COc1ccc2ncc(F)c(CC(O)[C@@H]3CC[C@@H](NCc4cc5c(cn4)OCCC5)CO3)c2n1. The van der Waals surface area contributed by atoms with Gasteiger partial charge in [0.2, 0.25) is 5.88 Å². The Morgan fingerprint density at radius 3 is 3.00 bits per heavy atom. The lowest BCUT2D eigenvalue weighted by molar-refractivity contribution is -0.0719. The largest absolute Gasteiger partial charge is 0.492 e. The van der Waals surface area contributed by atoms with Crippen LogP contribution < -0.4 is 14.8 Å². The van der Waals surface area contributed by atoms with Crippen molar-refractivity contribution in [1.82, 2.24) is 20.3 Å². The van der Waals surface area contributed by atoms with Gasteiger partial charge in [0.25, 0.3) is 0 Å². The van der Waals surface area contributed by atoms with E-state index in [1.165, 1.54) is 18.9 Å². The summed E-state index contributed by atoms with van der Waals surface area (Å²) >= 11 is 0. The zero-order chi connectivity index (χ0) is 23.5. The van der Waals surface area contributed by atoms with Crippen LogP contribution in [0.3, 0.4) is 0 Å². The molecule has 3 aromatic heterocycles. The average molecular weight is 469 g/mol. The lowest BCUT2D eigenvalue weighted by atomic mass is 9.96. The van der Waals surface area contributed by atoms with Gasteiger partial charge < -0.3 is 24.6 Å². The maximum Gasteiger partial charge on any atom is 0.213 e. The summed E-state index contributed by atoms with van der Waals surface area (Å²) in [5.74, 6) is 0.768. The molecule has 2 aliphatic heterocycles. The van der Waals surface area contributed by atoms with E-state index in [9.17, 15) is 9.50 Å². The minimum absolute atomic E-state index is 0.0922. The van der Waals surface area contributed by atoms with Gasteiger partial charge in [-0.1, -0.05) is 0 Å². The topological polar surface area (TPSA) is 98.6 Å². The van der Waals surface area contributed by atoms with Gasteiger partial charge in [-0.15, -0.1) is 0 Å². The van der Waals surface area contributed by atoms with Gasteiger partial charge in [-0.2, -0.15) is 0 Å². The maximum absolute atomic E-state index is 14.6. The molecular formula is C25H29FN4O4. The highest BCUT2D eigenvalue weighted by atomic mass is 19.1. The third-order valence-corrected chi connectivity index (χ3v) is 6.53. The number of methoxy groups -OCH3 is 1. The number of hydrogen-bond donors (Lipinski definition) is 2. The summed E-state index contributed by atoms with van der Waals surface area (Å²) in [7, 11) is 1.51. The highest BCUT2D eigenvalue weighted by Gasteiger charge is 2.29. The summed E-state index contributed by atoms with van der Waals surface area (Å²) in [5, 5.41) is 14.3. The van der Waals surface area contributed by atoms with Crippen molar-refractivity contribution in [3.63, 3.8) is 0 Å². The van der Waals surface area contributed by atoms with Crippen LogP contribution in [-0.2, 0) is 24.1 Å². The standard InChI is InChI=1S/C25H29FN4O4/c1-32-24-7-5-20-25(30-24)18(19(26)12-29-20)10-21(31)22-6-4-16(14-34-22)27-11-17-9-15-3-2-8-33-23(15)13-28-17/h5,7,9,12-13,16,21-22,27,31H,2-4,6,8,10-11,14H2,1H3/t16-,21?,22+/m1/s1. The number of fused-ring (bicyclic) bond motifs is 2. The number of aliphatic hydroxyl groups excluding tert-OH is 1. The molecule has 1 fully saturated rings. The lowest BCUT2D eigenvalue weighted by Gasteiger charge is -2.32. The van der Waals surface area contributed by atoms with Crippen LogP contribution in [0.1, 0.15) is 36.1 Å². The van der Waals surface area contributed by atoms with Crippen LogP contribution in [0.5, 0.6) is 11.6 Å². The van der Waals surface area contributed by atoms with Crippen molar-refractivity contribution in [1.29, 1.82) is 0 Å². The first-order valence-electron chi connectivity index (χ1n) is 11.7.